The lowest BCUT2D eigenvalue weighted by Crippen LogP contribution is -2.35. The third-order valence-electron chi connectivity index (χ3n) is 10.9. The van der Waals surface area contributed by atoms with E-state index in [2.05, 4.69) is 31.2 Å². The predicted molar refractivity (Wildman–Crippen MR) is 222 cm³/mol. The Kier molecular flexibility index (Phi) is 9.40. The lowest BCUT2D eigenvalue weighted by molar-refractivity contribution is 0.467. The molecule has 0 aliphatic carbocycles. The fraction of sp³-hybridized carbons (Fsp3) is 0.0588. The van der Waals surface area contributed by atoms with Crippen LogP contribution in [-0.4, -0.2) is 20.4 Å². The first kappa shape index (κ1) is 35.0. The summed E-state index contributed by atoms with van der Waals surface area (Å²) in [6, 6.07) is 62.5. The summed E-state index contributed by atoms with van der Waals surface area (Å²) in [5.41, 5.74) is 8.84. The SMILES string of the molecule is CC(c1ccc(O)c(-c2ccccc2)c1)C(c1ccc(O)c(-c2ccccc2)c1)(c1ccc(O)c(-c2ccccc2)c1)c1ccc(O)c(-c2ccccc2)c1. The molecule has 8 aromatic rings. The first-order valence-electron chi connectivity index (χ1n) is 18.4. The van der Waals surface area contributed by atoms with Crippen molar-refractivity contribution in [2.45, 2.75) is 18.3 Å². The van der Waals surface area contributed by atoms with Crippen molar-refractivity contribution in [2.24, 2.45) is 0 Å². The molecule has 0 aliphatic rings. The van der Waals surface area contributed by atoms with Crippen LogP contribution in [0.25, 0.3) is 44.5 Å². The minimum Gasteiger partial charge on any atom is -0.507 e. The van der Waals surface area contributed by atoms with Crippen LogP contribution in [0, 0.1) is 0 Å². The Morgan fingerprint density at radius 1 is 0.327 bits per heavy atom. The molecule has 0 saturated carbocycles. The molecule has 0 bridgehead atoms. The number of hydrogen-bond acceptors (Lipinski definition) is 4. The van der Waals surface area contributed by atoms with Crippen molar-refractivity contribution in [3.63, 3.8) is 0 Å². The molecule has 0 amide bonds. The van der Waals surface area contributed by atoms with Crippen molar-refractivity contribution in [1.29, 1.82) is 0 Å². The summed E-state index contributed by atoms with van der Waals surface area (Å²) < 4.78 is 0. The number of phenols is 4. The van der Waals surface area contributed by atoms with Gasteiger partial charge in [0.05, 0.1) is 5.41 Å². The Morgan fingerprint density at radius 3 is 0.909 bits per heavy atom. The molecule has 8 rings (SSSR count). The van der Waals surface area contributed by atoms with Gasteiger partial charge in [0.15, 0.2) is 0 Å². The number of aromatic hydroxyl groups is 4. The van der Waals surface area contributed by atoms with Gasteiger partial charge in [-0.05, 0) is 99.0 Å². The van der Waals surface area contributed by atoms with E-state index in [1.165, 1.54) is 0 Å². The van der Waals surface area contributed by atoms with Gasteiger partial charge < -0.3 is 20.4 Å². The van der Waals surface area contributed by atoms with E-state index in [-0.39, 0.29) is 28.9 Å². The Labute approximate surface area is 321 Å². The van der Waals surface area contributed by atoms with Crippen molar-refractivity contribution >= 4 is 0 Å². The molecule has 268 valence electrons. The van der Waals surface area contributed by atoms with Crippen LogP contribution in [0.15, 0.2) is 194 Å². The molecule has 55 heavy (non-hydrogen) atoms. The van der Waals surface area contributed by atoms with E-state index in [0.717, 1.165) is 44.5 Å². The van der Waals surface area contributed by atoms with Gasteiger partial charge in [0, 0.05) is 22.3 Å². The fourth-order valence-corrected chi connectivity index (χ4v) is 8.06. The zero-order chi connectivity index (χ0) is 37.9. The highest BCUT2D eigenvalue weighted by molar-refractivity contribution is 5.78. The van der Waals surface area contributed by atoms with Crippen molar-refractivity contribution in [2.75, 3.05) is 0 Å². The first-order valence-corrected chi connectivity index (χ1v) is 18.4. The summed E-state index contributed by atoms with van der Waals surface area (Å²) in [6.07, 6.45) is 0. The minimum atomic E-state index is -1.00. The Bertz CT molecular complexity index is 2370. The largest absolute Gasteiger partial charge is 0.507 e. The second-order valence-electron chi connectivity index (χ2n) is 14.0. The molecule has 0 heterocycles. The van der Waals surface area contributed by atoms with Crippen molar-refractivity contribution in [1.82, 2.24) is 0 Å². The summed E-state index contributed by atoms with van der Waals surface area (Å²) >= 11 is 0. The molecule has 1 atom stereocenters. The van der Waals surface area contributed by atoms with Crippen LogP contribution in [0.3, 0.4) is 0 Å². The maximum absolute atomic E-state index is 11.4. The predicted octanol–water partition coefficient (Wildman–Crippen LogP) is 12.3. The molecular formula is C51H40O4. The fourth-order valence-electron chi connectivity index (χ4n) is 8.06. The lowest BCUT2D eigenvalue weighted by atomic mass is 9.59. The van der Waals surface area contributed by atoms with Gasteiger partial charge in [-0.2, -0.15) is 0 Å². The Morgan fingerprint density at radius 2 is 0.600 bits per heavy atom. The molecule has 4 heteroatoms. The van der Waals surface area contributed by atoms with Gasteiger partial charge in [-0.15, -0.1) is 0 Å². The molecule has 0 radical (unpaired) electrons. The van der Waals surface area contributed by atoms with Gasteiger partial charge in [-0.3, -0.25) is 0 Å². The van der Waals surface area contributed by atoms with Crippen molar-refractivity contribution in [3.05, 3.63) is 216 Å². The summed E-state index contributed by atoms with van der Waals surface area (Å²) in [5.74, 6) is 0.303. The van der Waals surface area contributed by atoms with Gasteiger partial charge >= 0.3 is 0 Å². The van der Waals surface area contributed by atoms with Crippen LogP contribution in [0.1, 0.15) is 35.1 Å². The van der Waals surface area contributed by atoms with Crippen LogP contribution in [-0.2, 0) is 5.41 Å². The Hall–Kier alpha value is -7.04. The summed E-state index contributed by atoms with van der Waals surface area (Å²) in [5, 5.41) is 45.4. The topological polar surface area (TPSA) is 80.9 Å². The van der Waals surface area contributed by atoms with E-state index < -0.39 is 5.41 Å². The smallest absolute Gasteiger partial charge is 0.123 e. The second-order valence-corrected chi connectivity index (χ2v) is 14.0. The van der Waals surface area contributed by atoms with E-state index in [0.29, 0.717) is 22.3 Å². The van der Waals surface area contributed by atoms with Crippen molar-refractivity contribution < 1.29 is 20.4 Å². The zero-order valence-electron chi connectivity index (χ0n) is 30.3. The van der Waals surface area contributed by atoms with Gasteiger partial charge in [0.25, 0.3) is 0 Å². The van der Waals surface area contributed by atoms with Crippen LogP contribution in [0.4, 0.5) is 0 Å². The molecule has 4 N–H and O–H groups in total. The molecule has 0 fully saturated rings. The van der Waals surface area contributed by atoms with E-state index in [1.54, 1.807) is 24.3 Å². The molecular weight excluding hydrogens is 677 g/mol. The van der Waals surface area contributed by atoms with Gasteiger partial charge in [-0.25, -0.2) is 0 Å². The van der Waals surface area contributed by atoms with E-state index in [9.17, 15) is 20.4 Å². The molecule has 0 saturated heterocycles. The average Bonchev–Trinajstić information content (AvgIpc) is 3.24. The third-order valence-corrected chi connectivity index (χ3v) is 10.9. The van der Waals surface area contributed by atoms with E-state index in [4.69, 9.17) is 0 Å². The highest BCUT2D eigenvalue weighted by Gasteiger charge is 2.44. The van der Waals surface area contributed by atoms with Gasteiger partial charge in [0.1, 0.15) is 23.0 Å². The molecule has 0 aromatic heterocycles. The first-order chi connectivity index (χ1) is 26.8. The van der Waals surface area contributed by atoms with E-state index >= 15 is 0 Å². The average molecular weight is 717 g/mol. The van der Waals surface area contributed by atoms with Crippen molar-refractivity contribution in [3.8, 4) is 67.5 Å². The second kappa shape index (κ2) is 14.8. The number of benzene rings is 8. The number of hydrogen-bond donors (Lipinski definition) is 4. The van der Waals surface area contributed by atoms with Crippen LogP contribution < -0.4 is 0 Å². The quantitative estimate of drug-likeness (QED) is 0.112. The molecule has 8 aromatic carbocycles. The van der Waals surface area contributed by atoms with E-state index in [1.807, 2.05) is 146 Å². The van der Waals surface area contributed by atoms with Crippen LogP contribution >= 0.6 is 0 Å². The zero-order valence-corrected chi connectivity index (χ0v) is 30.3. The number of phenolic OH excluding ortho intramolecular Hbond substituents is 4. The Balaban J connectivity index is 1.49. The summed E-state index contributed by atoms with van der Waals surface area (Å²) in [4.78, 5) is 0. The maximum Gasteiger partial charge on any atom is 0.123 e. The lowest BCUT2D eigenvalue weighted by Gasteiger charge is -2.42. The normalized spacial score (nSPS) is 11.9. The standard InChI is InChI=1S/C51H40O4/c1-34(39-22-26-47(52)43(30-39)35-14-6-2-7-15-35)51(40-23-27-48(53)44(31-40)36-16-8-3-9-17-36,41-24-28-49(54)45(32-41)37-18-10-4-11-19-37)42-25-29-50(55)46(33-42)38-20-12-5-13-21-38/h2-34,52-55H,1H3. The highest BCUT2D eigenvalue weighted by Crippen LogP contribution is 2.54. The molecule has 0 spiro atoms. The van der Waals surface area contributed by atoms with Gasteiger partial charge in [0.2, 0.25) is 0 Å². The van der Waals surface area contributed by atoms with Crippen LogP contribution in [0.2, 0.25) is 0 Å². The maximum atomic E-state index is 11.4. The monoisotopic (exact) mass is 716 g/mol. The summed E-state index contributed by atoms with van der Waals surface area (Å²) in [6.45, 7) is 2.18. The molecule has 4 nitrogen and oxygen atoms in total. The molecule has 0 aliphatic heterocycles. The third kappa shape index (κ3) is 6.49. The minimum absolute atomic E-state index is 0.152. The summed E-state index contributed by atoms with van der Waals surface area (Å²) in [7, 11) is 0. The highest BCUT2D eigenvalue weighted by atomic mass is 16.3. The molecule has 1 unspecified atom stereocenters. The van der Waals surface area contributed by atoms with Gasteiger partial charge in [-0.1, -0.05) is 153 Å². The number of rotatable bonds is 9. The van der Waals surface area contributed by atoms with Crippen LogP contribution in [0.5, 0.6) is 23.0 Å².